The summed E-state index contributed by atoms with van der Waals surface area (Å²) in [5.74, 6) is 0.523. The van der Waals surface area contributed by atoms with Crippen molar-refractivity contribution >= 4 is 15.9 Å². The topological polar surface area (TPSA) is 75.7 Å². The van der Waals surface area contributed by atoms with E-state index in [2.05, 4.69) is 4.72 Å². The standard InChI is InChI=1S/C18H26N2O4S/c1-14(18(21)20-12-4-5-13-20)19-25(22,23)17-10-8-16(9-11-17)24-15-6-2-3-7-15/h8-11,14-15,19H,2-7,12-13H2,1H3/t14-/m1/s1. The van der Waals surface area contributed by atoms with Crippen LogP contribution in [0.1, 0.15) is 45.4 Å². The van der Waals surface area contributed by atoms with Gasteiger partial charge in [0.15, 0.2) is 0 Å². The van der Waals surface area contributed by atoms with E-state index >= 15 is 0 Å². The van der Waals surface area contributed by atoms with Crippen molar-refractivity contribution < 1.29 is 17.9 Å². The Morgan fingerprint density at radius 2 is 1.72 bits per heavy atom. The van der Waals surface area contributed by atoms with Crippen molar-refractivity contribution in [2.75, 3.05) is 13.1 Å². The van der Waals surface area contributed by atoms with Gasteiger partial charge in [-0.25, -0.2) is 8.42 Å². The third-order valence-electron chi connectivity index (χ3n) is 4.86. The van der Waals surface area contributed by atoms with Crippen LogP contribution in [0.5, 0.6) is 5.75 Å². The van der Waals surface area contributed by atoms with Gasteiger partial charge in [0.1, 0.15) is 5.75 Å². The van der Waals surface area contributed by atoms with Gasteiger partial charge in [-0.05, 0) is 69.7 Å². The van der Waals surface area contributed by atoms with Gasteiger partial charge in [-0.15, -0.1) is 0 Å². The van der Waals surface area contributed by atoms with Crippen LogP contribution in [-0.4, -0.2) is 44.5 Å². The molecule has 0 spiro atoms. The summed E-state index contributed by atoms with van der Waals surface area (Å²) in [6.07, 6.45) is 6.67. The lowest BCUT2D eigenvalue weighted by atomic mass is 10.3. The highest BCUT2D eigenvalue weighted by atomic mass is 32.2. The third-order valence-corrected chi connectivity index (χ3v) is 6.42. The van der Waals surface area contributed by atoms with Crippen LogP contribution in [0.25, 0.3) is 0 Å². The van der Waals surface area contributed by atoms with Gasteiger partial charge in [-0.3, -0.25) is 4.79 Å². The lowest BCUT2D eigenvalue weighted by molar-refractivity contribution is -0.131. The van der Waals surface area contributed by atoms with E-state index in [0.717, 1.165) is 25.7 Å². The molecule has 1 aromatic rings. The first kappa shape index (κ1) is 18.2. The van der Waals surface area contributed by atoms with Gasteiger partial charge < -0.3 is 9.64 Å². The Hall–Kier alpha value is -1.60. The third kappa shape index (κ3) is 4.52. The second-order valence-corrected chi connectivity index (χ2v) is 8.59. The van der Waals surface area contributed by atoms with Crippen LogP contribution >= 0.6 is 0 Å². The molecule has 1 N–H and O–H groups in total. The molecular weight excluding hydrogens is 340 g/mol. The zero-order valence-electron chi connectivity index (χ0n) is 14.6. The van der Waals surface area contributed by atoms with Crippen LogP contribution in [0.3, 0.4) is 0 Å². The van der Waals surface area contributed by atoms with Gasteiger partial charge >= 0.3 is 0 Å². The van der Waals surface area contributed by atoms with E-state index in [9.17, 15) is 13.2 Å². The van der Waals surface area contributed by atoms with Gasteiger partial charge in [0.05, 0.1) is 17.0 Å². The molecule has 3 rings (SSSR count). The number of carbonyl (C=O) groups excluding carboxylic acids is 1. The molecule has 0 bridgehead atoms. The predicted octanol–water partition coefficient (Wildman–Crippen LogP) is 2.30. The predicted molar refractivity (Wildman–Crippen MR) is 94.9 cm³/mol. The first-order chi connectivity index (χ1) is 12.0. The van der Waals surface area contributed by atoms with Gasteiger partial charge in [0.2, 0.25) is 15.9 Å². The Bertz CT molecular complexity index is 690. The minimum Gasteiger partial charge on any atom is -0.490 e. The second-order valence-electron chi connectivity index (χ2n) is 6.87. The molecule has 1 amide bonds. The van der Waals surface area contributed by atoms with Crippen LogP contribution in [0.2, 0.25) is 0 Å². The van der Waals surface area contributed by atoms with Crippen molar-refractivity contribution in [2.45, 2.75) is 62.5 Å². The van der Waals surface area contributed by atoms with E-state index in [1.807, 2.05) is 0 Å². The van der Waals surface area contributed by atoms with Crippen molar-refractivity contribution in [2.24, 2.45) is 0 Å². The Morgan fingerprint density at radius 3 is 2.32 bits per heavy atom. The lowest BCUT2D eigenvalue weighted by Gasteiger charge is -2.21. The Kier molecular flexibility index (Phi) is 5.64. The Labute approximate surface area is 149 Å². The molecule has 1 saturated heterocycles. The number of likely N-dealkylation sites (tertiary alicyclic amines) is 1. The van der Waals surface area contributed by atoms with Crippen molar-refractivity contribution in [3.8, 4) is 5.75 Å². The minimum atomic E-state index is -3.73. The van der Waals surface area contributed by atoms with Crippen molar-refractivity contribution in [1.29, 1.82) is 0 Å². The molecule has 1 aliphatic carbocycles. The van der Waals surface area contributed by atoms with E-state index in [1.54, 1.807) is 24.0 Å². The minimum absolute atomic E-state index is 0.146. The molecule has 1 saturated carbocycles. The molecule has 1 aromatic carbocycles. The summed E-state index contributed by atoms with van der Waals surface area (Å²) in [5.41, 5.74) is 0. The number of amides is 1. The quantitative estimate of drug-likeness (QED) is 0.838. The van der Waals surface area contributed by atoms with Crippen LogP contribution in [0.15, 0.2) is 29.2 Å². The maximum Gasteiger partial charge on any atom is 0.241 e. The molecule has 1 heterocycles. The molecule has 6 nitrogen and oxygen atoms in total. The zero-order chi connectivity index (χ0) is 17.9. The molecule has 7 heteroatoms. The van der Waals surface area contributed by atoms with Gasteiger partial charge in [0.25, 0.3) is 0 Å². The number of hydrogen-bond acceptors (Lipinski definition) is 4. The molecule has 0 aromatic heterocycles. The van der Waals surface area contributed by atoms with Gasteiger partial charge in [-0.2, -0.15) is 4.72 Å². The summed E-state index contributed by atoms with van der Waals surface area (Å²) in [7, 11) is -3.73. The number of nitrogens with one attached hydrogen (secondary N) is 1. The van der Waals surface area contributed by atoms with E-state index in [0.29, 0.717) is 18.8 Å². The highest BCUT2D eigenvalue weighted by Gasteiger charge is 2.27. The highest BCUT2D eigenvalue weighted by Crippen LogP contribution is 2.25. The van der Waals surface area contributed by atoms with Crippen molar-refractivity contribution in [1.82, 2.24) is 9.62 Å². The number of carbonyl (C=O) groups is 1. The molecule has 138 valence electrons. The number of hydrogen-bond donors (Lipinski definition) is 1. The van der Waals surface area contributed by atoms with Gasteiger partial charge in [0, 0.05) is 13.1 Å². The van der Waals surface area contributed by atoms with Gasteiger partial charge in [-0.1, -0.05) is 0 Å². The Balaban J connectivity index is 1.61. The summed E-state index contributed by atoms with van der Waals surface area (Å²) in [6.45, 7) is 3.01. The molecule has 2 fully saturated rings. The van der Waals surface area contributed by atoms with E-state index < -0.39 is 16.1 Å². The van der Waals surface area contributed by atoms with Crippen molar-refractivity contribution in [3.05, 3.63) is 24.3 Å². The maximum atomic E-state index is 12.5. The first-order valence-corrected chi connectivity index (χ1v) is 10.5. The van der Waals surface area contributed by atoms with E-state index in [-0.39, 0.29) is 16.9 Å². The number of sulfonamides is 1. The largest absolute Gasteiger partial charge is 0.490 e. The normalized spacial score (nSPS) is 20.0. The molecular formula is C18H26N2O4S. The van der Waals surface area contributed by atoms with E-state index in [4.69, 9.17) is 4.74 Å². The fourth-order valence-electron chi connectivity index (χ4n) is 3.46. The van der Waals surface area contributed by atoms with Crippen molar-refractivity contribution in [3.63, 3.8) is 0 Å². The fraction of sp³-hybridized carbons (Fsp3) is 0.611. The summed E-state index contributed by atoms with van der Waals surface area (Å²) in [6, 6.07) is 5.65. The molecule has 0 radical (unpaired) electrons. The summed E-state index contributed by atoms with van der Waals surface area (Å²) in [4.78, 5) is 14.1. The van der Waals surface area contributed by atoms with Crippen LogP contribution in [-0.2, 0) is 14.8 Å². The SMILES string of the molecule is C[C@@H](NS(=O)(=O)c1ccc(OC2CCCC2)cc1)C(=O)N1CCCC1. The monoisotopic (exact) mass is 366 g/mol. The Morgan fingerprint density at radius 1 is 1.12 bits per heavy atom. The highest BCUT2D eigenvalue weighted by molar-refractivity contribution is 7.89. The average Bonchev–Trinajstić information content (AvgIpc) is 3.28. The zero-order valence-corrected chi connectivity index (χ0v) is 15.4. The first-order valence-electron chi connectivity index (χ1n) is 9.03. The number of nitrogens with zero attached hydrogens (tertiary/aromatic N) is 1. The van der Waals surface area contributed by atoms with Crippen LogP contribution < -0.4 is 9.46 Å². The smallest absolute Gasteiger partial charge is 0.241 e. The second kappa shape index (κ2) is 7.74. The number of rotatable bonds is 6. The molecule has 25 heavy (non-hydrogen) atoms. The lowest BCUT2D eigenvalue weighted by Crippen LogP contribution is -2.45. The van der Waals surface area contributed by atoms with E-state index in [1.165, 1.54) is 25.0 Å². The fourth-order valence-corrected chi connectivity index (χ4v) is 4.66. The molecule has 2 aliphatic rings. The summed E-state index contributed by atoms with van der Waals surface area (Å²) < 4.78 is 33.3. The molecule has 1 aliphatic heterocycles. The summed E-state index contributed by atoms with van der Waals surface area (Å²) in [5, 5.41) is 0. The molecule has 1 atom stereocenters. The van der Waals surface area contributed by atoms with Crippen LogP contribution in [0.4, 0.5) is 0 Å². The number of benzene rings is 1. The molecule has 0 unspecified atom stereocenters. The maximum absolute atomic E-state index is 12.5. The average molecular weight is 366 g/mol. The number of ether oxygens (including phenoxy) is 1. The summed E-state index contributed by atoms with van der Waals surface area (Å²) >= 11 is 0. The van der Waals surface area contributed by atoms with Crippen LogP contribution in [0, 0.1) is 0 Å².